The van der Waals surface area contributed by atoms with Gasteiger partial charge in [0, 0.05) is 30.7 Å². The van der Waals surface area contributed by atoms with Crippen LogP contribution in [0.2, 0.25) is 5.02 Å². The maximum atomic E-state index is 13.0. The van der Waals surface area contributed by atoms with Crippen LogP contribution in [0.15, 0.2) is 47.4 Å². The molecule has 1 amide bonds. The first-order chi connectivity index (χ1) is 14.3. The van der Waals surface area contributed by atoms with Gasteiger partial charge in [0.1, 0.15) is 23.0 Å². The molecule has 0 aromatic heterocycles. The number of likely N-dealkylation sites (N-methyl/N-ethyl adjacent to an activating group) is 1. The zero-order chi connectivity index (χ0) is 21.7. The SMILES string of the molecule is COc1ccc(C(=O)N(C)CCOc2cccc(Cl)c2)cc1S(=O)(=O)N1CCCC1. The van der Waals surface area contributed by atoms with Crippen LogP contribution in [0.5, 0.6) is 11.5 Å². The number of hydrogen-bond donors (Lipinski definition) is 0. The molecule has 0 unspecified atom stereocenters. The monoisotopic (exact) mass is 452 g/mol. The molecule has 7 nitrogen and oxygen atoms in total. The summed E-state index contributed by atoms with van der Waals surface area (Å²) in [5.74, 6) is 0.544. The Balaban J connectivity index is 1.72. The maximum absolute atomic E-state index is 13.0. The summed E-state index contributed by atoms with van der Waals surface area (Å²) in [7, 11) is -0.663. The molecule has 0 aliphatic carbocycles. The van der Waals surface area contributed by atoms with Crippen LogP contribution in [-0.2, 0) is 10.0 Å². The van der Waals surface area contributed by atoms with Crippen LogP contribution in [0, 0.1) is 0 Å². The molecule has 3 rings (SSSR count). The predicted molar refractivity (Wildman–Crippen MR) is 115 cm³/mol. The number of ether oxygens (including phenoxy) is 2. The number of amides is 1. The number of halogens is 1. The Morgan fingerprint density at radius 2 is 1.90 bits per heavy atom. The van der Waals surface area contributed by atoms with E-state index < -0.39 is 10.0 Å². The second-order valence-electron chi connectivity index (χ2n) is 7.01. The van der Waals surface area contributed by atoms with Gasteiger partial charge in [0.15, 0.2) is 0 Å². The lowest BCUT2D eigenvalue weighted by Crippen LogP contribution is -2.31. The lowest BCUT2D eigenvalue weighted by Gasteiger charge is -2.20. The van der Waals surface area contributed by atoms with Crippen molar-refractivity contribution < 1.29 is 22.7 Å². The van der Waals surface area contributed by atoms with Gasteiger partial charge in [-0.25, -0.2) is 8.42 Å². The van der Waals surface area contributed by atoms with E-state index in [9.17, 15) is 13.2 Å². The molecule has 0 spiro atoms. The first-order valence-corrected chi connectivity index (χ1v) is 11.5. The molecule has 9 heteroatoms. The second kappa shape index (κ2) is 9.68. The highest BCUT2D eigenvalue weighted by Gasteiger charge is 2.31. The van der Waals surface area contributed by atoms with Gasteiger partial charge in [0.25, 0.3) is 5.91 Å². The van der Waals surface area contributed by atoms with E-state index in [1.807, 2.05) is 0 Å². The fourth-order valence-electron chi connectivity index (χ4n) is 3.26. The Labute approximate surface area is 182 Å². The van der Waals surface area contributed by atoms with E-state index in [0.717, 1.165) is 12.8 Å². The topological polar surface area (TPSA) is 76.1 Å². The van der Waals surface area contributed by atoms with Gasteiger partial charge in [0.05, 0.1) is 13.7 Å². The minimum absolute atomic E-state index is 0.0151. The zero-order valence-electron chi connectivity index (χ0n) is 17.0. The summed E-state index contributed by atoms with van der Waals surface area (Å²) in [5.41, 5.74) is 0.277. The van der Waals surface area contributed by atoms with Crippen molar-refractivity contribution in [1.82, 2.24) is 9.21 Å². The van der Waals surface area contributed by atoms with Gasteiger partial charge < -0.3 is 14.4 Å². The minimum Gasteiger partial charge on any atom is -0.495 e. The summed E-state index contributed by atoms with van der Waals surface area (Å²) >= 11 is 5.93. The molecule has 30 heavy (non-hydrogen) atoms. The molecule has 1 aliphatic rings. The van der Waals surface area contributed by atoms with Crippen molar-refractivity contribution in [3.63, 3.8) is 0 Å². The summed E-state index contributed by atoms with van der Waals surface area (Å²) in [6, 6.07) is 11.5. The first-order valence-electron chi connectivity index (χ1n) is 9.65. The zero-order valence-corrected chi connectivity index (χ0v) is 18.6. The molecule has 1 saturated heterocycles. The van der Waals surface area contributed by atoms with E-state index >= 15 is 0 Å². The summed E-state index contributed by atoms with van der Waals surface area (Å²) in [4.78, 5) is 14.3. The third-order valence-corrected chi connectivity index (χ3v) is 7.09. The molecular weight excluding hydrogens is 428 g/mol. The average Bonchev–Trinajstić information content (AvgIpc) is 3.28. The van der Waals surface area contributed by atoms with Gasteiger partial charge in [-0.15, -0.1) is 0 Å². The highest BCUT2D eigenvalue weighted by Crippen LogP contribution is 2.30. The fourth-order valence-corrected chi connectivity index (χ4v) is 5.14. The van der Waals surface area contributed by atoms with E-state index in [-0.39, 0.29) is 28.7 Å². The smallest absolute Gasteiger partial charge is 0.253 e. The number of carbonyl (C=O) groups excluding carboxylic acids is 1. The molecule has 1 heterocycles. The Bertz CT molecular complexity index is 1010. The summed E-state index contributed by atoms with van der Waals surface area (Å²) in [6.45, 7) is 1.55. The molecule has 2 aromatic carbocycles. The number of hydrogen-bond acceptors (Lipinski definition) is 5. The van der Waals surface area contributed by atoms with Gasteiger partial charge in [-0.2, -0.15) is 4.31 Å². The van der Waals surface area contributed by atoms with Crippen LogP contribution >= 0.6 is 11.6 Å². The molecule has 0 bridgehead atoms. The average molecular weight is 453 g/mol. The summed E-state index contributed by atoms with van der Waals surface area (Å²) < 4.78 is 38.3. The van der Waals surface area contributed by atoms with E-state index in [4.69, 9.17) is 21.1 Å². The van der Waals surface area contributed by atoms with Crippen LogP contribution < -0.4 is 9.47 Å². The van der Waals surface area contributed by atoms with Crippen molar-refractivity contribution in [2.45, 2.75) is 17.7 Å². The number of benzene rings is 2. The number of sulfonamides is 1. The number of rotatable bonds is 8. The molecule has 1 fully saturated rings. The Hall–Kier alpha value is -2.29. The Morgan fingerprint density at radius 3 is 2.57 bits per heavy atom. The molecule has 2 aromatic rings. The molecule has 0 radical (unpaired) electrons. The van der Waals surface area contributed by atoms with Crippen LogP contribution in [0.25, 0.3) is 0 Å². The molecule has 162 valence electrons. The molecular formula is C21H25ClN2O5S. The molecule has 0 atom stereocenters. The van der Waals surface area contributed by atoms with Gasteiger partial charge in [0.2, 0.25) is 10.0 Å². The van der Waals surface area contributed by atoms with Gasteiger partial charge in [-0.3, -0.25) is 4.79 Å². The third kappa shape index (κ3) is 5.06. The quantitative estimate of drug-likeness (QED) is 0.614. The minimum atomic E-state index is -3.72. The van der Waals surface area contributed by atoms with Crippen molar-refractivity contribution in [3.8, 4) is 11.5 Å². The van der Waals surface area contributed by atoms with Crippen LogP contribution in [-0.4, -0.2) is 63.9 Å². The summed E-state index contributed by atoms with van der Waals surface area (Å²) in [5, 5.41) is 0.571. The Kier molecular flexibility index (Phi) is 7.23. The number of nitrogens with zero attached hydrogens (tertiary/aromatic N) is 2. The lowest BCUT2D eigenvalue weighted by atomic mass is 10.2. The highest BCUT2D eigenvalue weighted by molar-refractivity contribution is 7.89. The first kappa shape index (κ1) is 22.4. The second-order valence-corrected chi connectivity index (χ2v) is 9.35. The van der Waals surface area contributed by atoms with Crippen LogP contribution in [0.3, 0.4) is 0 Å². The van der Waals surface area contributed by atoms with E-state index in [1.165, 1.54) is 28.4 Å². The highest BCUT2D eigenvalue weighted by atomic mass is 35.5. The largest absolute Gasteiger partial charge is 0.495 e. The van der Waals surface area contributed by atoms with Crippen LogP contribution in [0.1, 0.15) is 23.2 Å². The van der Waals surface area contributed by atoms with Gasteiger partial charge >= 0.3 is 0 Å². The summed E-state index contributed by atoms with van der Waals surface area (Å²) in [6.07, 6.45) is 1.66. The third-order valence-electron chi connectivity index (χ3n) is 4.93. The normalized spacial score (nSPS) is 14.5. The van der Waals surface area contributed by atoms with Gasteiger partial charge in [-0.05, 0) is 49.2 Å². The van der Waals surface area contributed by atoms with Crippen molar-refractivity contribution in [1.29, 1.82) is 0 Å². The van der Waals surface area contributed by atoms with E-state index in [1.54, 1.807) is 37.4 Å². The maximum Gasteiger partial charge on any atom is 0.253 e. The molecule has 0 saturated carbocycles. The van der Waals surface area contributed by atoms with Crippen molar-refractivity contribution in [2.75, 3.05) is 40.4 Å². The predicted octanol–water partition coefficient (Wildman–Crippen LogP) is 3.28. The van der Waals surface area contributed by atoms with Crippen molar-refractivity contribution in [3.05, 3.63) is 53.1 Å². The standard InChI is InChI=1S/C21H25ClN2O5S/c1-23(12-13-29-18-7-5-6-17(22)15-18)21(25)16-8-9-19(28-2)20(14-16)30(26,27)24-10-3-4-11-24/h5-9,14-15H,3-4,10-13H2,1-2H3. The van der Waals surface area contributed by atoms with Crippen molar-refractivity contribution >= 4 is 27.5 Å². The molecule has 1 aliphatic heterocycles. The Morgan fingerprint density at radius 1 is 1.17 bits per heavy atom. The lowest BCUT2D eigenvalue weighted by molar-refractivity contribution is 0.0773. The number of carbonyl (C=O) groups is 1. The van der Waals surface area contributed by atoms with Crippen molar-refractivity contribution in [2.24, 2.45) is 0 Å². The van der Waals surface area contributed by atoms with E-state index in [2.05, 4.69) is 0 Å². The molecule has 0 N–H and O–H groups in total. The van der Waals surface area contributed by atoms with E-state index in [0.29, 0.717) is 30.4 Å². The van der Waals surface area contributed by atoms with Gasteiger partial charge in [-0.1, -0.05) is 17.7 Å². The van der Waals surface area contributed by atoms with Crippen LogP contribution in [0.4, 0.5) is 0 Å². The fraction of sp³-hybridized carbons (Fsp3) is 0.381. The number of methoxy groups -OCH3 is 1.